The normalized spacial score (nSPS) is 11.3. The number of hydrogen-bond donors (Lipinski definition) is 0. The molecule has 7 aromatic rings. The van der Waals surface area contributed by atoms with Crippen LogP contribution in [0.15, 0.2) is 116 Å². The summed E-state index contributed by atoms with van der Waals surface area (Å²) in [6.45, 7) is 0. The molecule has 4 aromatic carbocycles. The Kier molecular flexibility index (Phi) is 5.16. The number of rotatable bonds is 4. The molecule has 0 bridgehead atoms. The zero-order chi connectivity index (χ0) is 23.9. The van der Waals surface area contributed by atoms with Crippen LogP contribution >= 0.6 is 22.7 Å². The Hall–Kier alpha value is -4.19. The highest BCUT2D eigenvalue weighted by Crippen LogP contribution is 2.35. The highest BCUT2D eigenvalue weighted by molar-refractivity contribution is 7.22. The van der Waals surface area contributed by atoms with E-state index in [2.05, 4.69) is 96.0 Å². The van der Waals surface area contributed by atoms with Crippen molar-refractivity contribution < 1.29 is 0 Å². The number of pyridine rings is 1. The summed E-state index contributed by atoms with van der Waals surface area (Å²) in [6, 6.07) is 35.9. The van der Waals surface area contributed by atoms with Gasteiger partial charge in [-0.3, -0.25) is 4.98 Å². The predicted octanol–water partition coefficient (Wildman–Crippen LogP) is 8.97. The molecule has 0 aliphatic rings. The molecule has 0 spiro atoms. The van der Waals surface area contributed by atoms with E-state index in [0.717, 1.165) is 54.4 Å². The number of benzene rings is 4. The van der Waals surface area contributed by atoms with Crippen LogP contribution in [0, 0.1) is 0 Å². The average molecular weight is 498 g/mol. The van der Waals surface area contributed by atoms with Gasteiger partial charge in [-0.2, -0.15) is 0 Å². The molecular weight excluding hydrogens is 478 g/mol. The molecule has 7 rings (SSSR count). The average Bonchev–Trinajstić information content (AvgIpc) is 3.58. The minimum absolute atomic E-state index is 1.03. The first-order valence-corrected chi connectivity index (χ1v) is 13.3. The van der Waals surface area contributed by atoms with Crippen LogP contribution in [0.4, 0.5) is 0 Å². The Balaban J connectivity index is 1.24. The zero-order valence-electron chi connectivity index (χ0n) is 19.1. The van der Waals surface area contributed by atoms with Gasteiger partial charge in [0, 0.05) is 34.6 Å². The molecule has 0 aliphatic heterocycles. The predicted molar refractivity (Wildman–Crippen MR) is 152 cm³/mol. The van der Waals surface area contributed by atoms with Crippen LogP contribution in [0.2, 0.25) is 0 Å². The van der Waals surface area contributed by atoms with Crippen LogP contribution in [0.3, 0.4) is 0 Å². The molecule has 0 amide bonds. The second kappa shape index (κ2) is 8.79. The molecular formula is C31H19N3S2. The third-order valence-electron chi connectivity index (χ3n) is 6.21. The lowest BCUT2D eigenvalue weighted by Gasteiger charge is -2.08. The lowest BCUT2D eigenvalue weighted by Crippen LogP contribution is -1.86. The molecule has 3 nitrogen and oxygen atoms in total. The number of hydrogen-bond acceptors (Lipinski definition) is 5. The molecule has 0 N–H and O–H groups in total. The van der Waals surface area contributed by atoms with E-state index in [1.165, 1.54) is 9.40 Å². The largest absolute Gasteiger partial charge is 0.263 e. The quantitative estimate of drug-likeness (QED) is 0.244. The zero-order valence-corrected chi connectivity index (χ0v) is 20.8. The molecule has 170 valence electrons. The maximum atomic E-state index is 4.84. The molecule has 5 heteroatoms. The van der Waals surface area contributed by atoms with Gasteiger partial charge in [0.05, 0.1) is 20.4 Å². The van der Waals surface area contributed by atoms with Crippen LogP contribution in [0.25, 0.3) is 63.8 Å². The Morgan fingerprint density at radius 1 is 0.417 bits per heavy atom. The first kappa shape index (κ1) is 21.1. The lowest BCUT2D eigenvalue weighted by molar-refractivity contribution is 1.33. The van der Waals surface area contributed by atoms with Crippen LogP contribution in [0.1, 0.15) is 0 Å². The van der Waals surface area contributed by atoms with Gasteiger partial charge in [0.1, 0.15) is 10.0 Å². The number of aromatic nitrogens is 3. The smallest absolute Gasteiger partial charge is 0.124 e. The van der Waals surface area contributed by atoms with Gasteiger partial charge < -0.3 is 0 Å². The van der Waals surface area contributed by atoms with E-state index in [-0.39, 0.29) is 0 Å². The molecule has 3 heterocycles. The molecule has 0 saturated carbocycles. The molecule has 0 unspecified atom stereocenters. The third kappa shape index (κ3) is 3.88. The van der Waals surface area contributed by atoms with Gasteiger partial charge in [0.2, 0.25) is 0 Å². The van der Waals surface area contributed by atoms with Crippen molar-refractivity contribution in [2.75, 3.05) is 0 Å². The Labute approximate surface area is 216 Å². The van der Waals surface area contributed by atoms with Gasteiger partial charge >= 0.3 is 0 Å². The second-order valence-electron chi connectivity index (χ2n) is 8.60. The summed E-state index contributed by atoms with van der Waals surface area (Å²) in [4.78, 5) is 14.3. The Morgan fingerprint density at radius 3 is 1.36 bits per heavy atom. The first-order valence-electron chi connectivity index (χ1n) is 11.7. The minimum atomic E-state index is 1.03. The van der Waals surface area contributed by atoms with Crippen molar-refractivity contribution in [2.24, 2.45) is 0 Å². The van der Waals surface area contributed by atoms with Crippen molar-refractivity contribution in [3.8, 4) is 43.4 Å². The van der Waals surface area contributed by atoms with Crippen LogP contribution < -0.4 is 0 Å². The summed E-state index contributed by atoms with van der Waals surface area (Å²) >= 11 is 3.45. The fourth-order valence-electron chi connectivity index (χ4n) is 4.41. The van der Waals surface area contributed by atoms with Crippen LogP contribution in [-0.4, -0.2) is 15.0 Å². The van der Waals surface area contributed by atoms with E-state index < -0.39 is 0 Å². The van der Waals surface area contributed by atoms with Gasteiger partial charge in [-0.1, -0.05) is 60.7 Å². The highest BCUT2D eigenvalue weighted by Gasteiger charge is 2.10. The van der Waals surface area contributed by atoms with Gasteiger partial charge in [-0.05, 0) is 53.6 Å². The highest BCUT2D eigenvalue weighted by atomic mass is 32.1. The van der Waals surface area contributed by atoms with E-state index >= 15 is 0 Å². The molecule has 3 aromatic heterocycles. The van der Waals surface area contributed by atoms with Crippen molar-refractivity contribution in [2.45, 2.75) is 0 Å². The summed E-state index contributed by atoms with van der Waals surface area (Å²) in [7, 11) is 0. The summed E-state index contributed by atoms with van der Waals surface area (Å²) < 4.78 is 2.41. The maximum absolute atomic E-state index is 4.84. The van der Waals surface area contributed by atoms with E-state index in [1.807, 2.05) is 24.5 Å². The second-order valence-corrected chi connectivity index (χ2v) is 10.7. The molecule has 36 heavy (non-hydrogen) atoms. The molecule has 0 radical (unpaired) electrons. The van der Waals surface area contributed by atoms with Crippen LogP contribution in [-0.2, 0) is 0 Å². The molecule has 0 atom stereocenters. The molecule has 0 saturated heterocycles. The standard InChI is InChI=1S/C31H19N3S2/c1-3-13-28-26(11-1)33-30(35-28)22-9-5-7-20(15-22)24-17-25(19-32-18-24)21-8-6-10-23(16-21)31-34-27-12-2-4-14-29(27)36-31/h1-19H. The van der Waals surface area contributed by atoms with E-state index in [1.54, 1.807) is 22.7 Å². The van der Waals surface area contributed by atoms with Gasteiger partial charge in [-0.15, -0.1) is 22.7 Å². The van der Waals surface area contributed by atoms with Gasteiger partial charge in [-0.25, -0.2) is 9.97 Å². The number of nitrogens with zero attached hydrogens (tertiary/aromatic N) is 3. The van der Waals surface area contributed by atoms with Gasteiger partial charge in [0.25, 0.3) is 0 Å². The van der Waals surface area contributed by atoms with E-state index in [0.29, 0.717) is 0 Å². The summed E-state index contributed by atoms with van der Waals surface area (Å²) in [5, 5.41) is 2.07. The Bertz CT molecular complexity index is 1670. The van der Waals surface area contributed by atoms with Crippen molar-refractivity contribution in [3.63, 3.8) is 0 Å². The van der Waals surface area contributed by atoms with Crippen molar-refractivity contribution in [1.29, 1.82) is 0 Å². The maximum Gasteiger partial charge on any atom is 0.124 e. The van der Waals surface area contributed by atoms with E-state index in [4.69, 9.17) is 9.97 Å². The lowest BCUT2D eigenvalue weighted by atomic mass is 10.00. The van der Waals surface area contributed by atoms with Crippen molar-refractivity contribution in [1.82, 2.24) is 15.0 Å². The monoisotopic (exact) mass is 497 g/mol. The summed E-state index contributed by atoms with van der Waals surface area (Å²) in [5.41, 5.74) is 8.75. The third-order valence-corrected chi connectivity index (χ3v) is 8.38. The number of thiazole rings is 2. The minimum Gasteiger partial charge on any atom is -0.263 e. The number of fused-ring (bicyclic) bond motifs is 2. The summed E-state index contributed by atoms with van der Waals surface area (Å²) in [6.07, 6.45) is 3.86. The topological polar surface area (TPSA) is 38.7 Å². The van der Waals surface area contributed by atoms with Crippen LogP contribution in [0.5, 0.6) is 0 Å². The Morgan fingerprint density at radius 2 is 0.861 bits per heavy atom. The number of para-hydroxylation sites is 2. The summed E-state index contributed by atoms with van der Waals surface area (Å²) in [5.74, 6) is 0. The fourth-order valence-corrected chi connectivity index (χ4v) is 6.33. The molecule has 0 fully saturated rings. The van der Waals surface area contributed by atoms with E-state index in [9.17, 15) is 0 Å². The first-order chi connectivity index (χ1) is 17.8. The van der Waals surface area contributed by atoms with Gasteiger partial charge in [0.15, 0.2) is 0 Å². The van der Waals surface area contributed by atoms with Crippen molar-refractivity contribution >= 4 is 43.1 Å². The fraction of sp³-hybridized carbons (Fsp3) is 0. The SMILES string of the molecule is c1cc(-c2cncc(-c3cccc(-c4nc5ccccc5s4)c3)c2)cc(-c2nc3ccccc3s2)c1. The molecule has 0 aliphatic carbocycles. The van der Waals surface area contributed by atoms with Crippen molar-refractivity contribution in [3.05, 3.63) is 116 Å².